The van der Waals surface area contributed by atoms with Crippen LogP contribution in [0.3, 0.4) is 0 Å². The van der Waals surface area contributed by atoms with Crippen molar-refractivity contribution in [3.8, 4) is 0 Å². The number of carbonyl (C=O) groups is 4. The molecule has 37 heavy (non-hydrogen) atoms. The van der Waals surface area contributed by atoms with E-state index in [1.165, 1.54) is 12.8 Å². The molecular formula is C30H43N3O4. The molecule has 1 aliphatic carbocycles. The lowest BCUT2D eigenvalue weighted by atomic mass is 9.86. The Morgan fingerprint density at radius 3 is 2.24 bits per heavy atom. The highest BCUT2D eigenvalue weighted by Gasteiger charge is 2.52. The van der Waals surface area contributed by atoms with Gasteiger partial charge in [0.05, 0.1) is 12.6 Å². The summed E-state index contributed by atoms with van der Waals surface area (Å²) in [6.45, 7) is 10.9. The number of likely N-dealkylation sites (tertiary alicyclic amines) is 2. The Bertz CT molecular complexity index is 1020. The van der Waals surface area contributed by atoms with Crippen LogP contribution in [0.4, 0.5) is 0 Å². The summed E-state index contributed by atoms with van der Waals surface area (Å²) in [6, 6.07) is 5.94. The summed E-state index contributed by atoms with van der Waals surface area (Å²) >= 11 is 0. The van der Waals surface area contributed by atoms with Gasteiger partial charge in [-0.2, -0.15) is 0 Å². The number of rotatable bonds is 7. The van der Waals surface area contributed by atoms with E-state index >= 15 is 0 Å². The van der Waals surface area contributed by atoms with E-state index in [2.05, 4.69) is 26.1 Å². The number of amides is 3. The van der Waals surface area contributed by atoms with Crippen molar-refractivity contribution in [3.63, 3.8) is 0 Å². The van der Waals surface area contributed by atoms with Crippen LogP contribution in [-0.2, 0) is 19.8 Å². The summed E-state index contributed by atoms with van der Waals surface area (Å²) < 4.78 is 0. The number of hydrogen-bond donors (Lipinski definition) is 1. The van der Waals surface area contributed by atoms with Crippen molar-refractivity contribution in [1.29, 1.82) is 0 Å². The van der Waals surface area contributed by atoms with E-state index in [1.54, 1.807) is 21.9 Å². The average molecular weight is 510 g/mol. The molecule has 2 saturated heterocycles. The van der Waals surface area contributed by atoms with Crippen LogP contribution in [-0.4, -0.2) is 64.5 Å². The largest absolute Gasteiger partial charge is 0.340 e. The van der Waals surface area contributed by atoms with E-state index in [0.717, 1.165) is 18.4 Å². The zero-order valence-electron chi connectivity index (χ0n) is 23.1. The summed E-state index contributed by atoms with van der Waals surface area (Å²) in [7, 11) is 0. The van der Waals surface area contributed by atoms with Gasteiger partial charge in [0.15, 0.2) is 5.78 Å². The van der Waals surface area contributed by atoms with Gasteiger partial charge in [-0.15, -0.1) is 0 Å². The van der Waals surface area contributed by atoms with E-state index in [4.69, 9.17) is 0 Å². The van der Waals surface area contributed by atoms with Crippen LogP contribution in [0.5, 0.6) is 0 Å². The molecule has 3 atom stereocenters. The summed E-state index contributed by atoms with van der Waals surface area (Å²) in [5.74, 6) is 0.0694. The Morgan fingerprint density at radius 2 is 1.65 bits per heavy atom. The minimum atomic E-state index is -0.718. The first kappa shape index (κ1) is 27.3. The van der Waals surface area contributed by atoms with Gasteiger partial charge in [-0.3, -0.25) is 19.2 Å². The molecule has 3 amide bonds. The van der Waals surface area contributed by atoms with Gasteiger partial charge in [0, 0.05) is 18.5 Å². The summed E-state index contributed by atoms with van der Waals surface area (Å²) in [5, 5.41) is 2.95. The summed E-state index contributed by atoms with van der Waals surface area (Å²) in [6.07, 6.45) is 6.12. The molecule has 4 rings (SSSR count). The number of nitrogens with one attached hydrogen (secondary N) is 1. The fourth-order valence-electron chi connectivity index (χ4n) is 6.22. The normalized spacial score (nSPS) is 23.0. The minimum Gasteiger partial charge on any atom is -0.340 e. The highest BCUT2D eigenvalue weighted by atomic mass is 16.2. The average Bonchev–Trinajstić information content (AvgIpc) is 3.56. The van der Waals surface area contributed by atoms with Crippen molar-refractivity contribution in [2.24, 2.45) is 11.8 Å². The molecular weight excluding hydrogens is 466 g/mol. The van der Waals surface area contributed by atoms with Gasteiger partial charge in [-0.1, -0.05) is 59.6 Å². The maximum absolute atomic E-state index is 13.7. The number of nitrogens with zero attached hydrogens (tertiary/aromatic N) is 2. The Labute approximate surface area is 221 Å². The third-order valence-electron chi connectivity index (χ3n) is 8.29. The number of benzene rings is 1. The Morgan fingerprint density at radius 1 is 1.00 bits per heavy atom. The van der Waals surface area contributed by atoms with Gasteiger partial charge in [-0.25, -0.2) is 0 Å². The summed E-state index contributed by atoms with van der Waals surface area (Å²) in [4.78, 5) is 56.3. The fourth-order valence-corrected chi connectivity index (χ4v) is 6.22. The Balaban J connectivity index is 1.45. The van der Waals surface area contributed by atoms with Crippen LogP contribution in [0.15, 0.2) is 24.3 Å². The van der Waals surface area contributed by atoms with Crippen LogP contribution in [0.25, 0.3) is 0 Å². The Hall–Kier alpha value is -2.70. The zero-order valence-corrected chi connectivity index (χ0v) is 23.1. The van der Waals surface area contributed by atoms with Crippen LogP contribution < -0.4 is 5.32 Å². The molecule has 1 aromatic rings. The van der Waals surface area contributed by atoms with Crippen molar-refractivity contribution >= 4 is 23.5 Å². The molecule has 0 bridgehead atoms. The van der Waals surface area contributed by atoms with Gasteiger partial charge in [0.25, 0.3) is 5.91 Å². The molecule has 1 N–H and O–H groups in total. The lowest BCUT2D eigenvalue weighted by Crippen LogP contribution is -2.53. The molecule has 0 spiro atoms. The number of carbonyl (C=O) groups excluding carboxylic acids is 4. The molecule has 7 nitrogen and oxygen atoms in total. The number of fused-ring (bicyclic) bond motifs is 1. The van der Waals surface area contributed by atoms with Crippen molar-refractivity contribution in [1.82, 2.24) is 15.1 Å². The standard InChI is InChI=1S/C30H43N3O4/c1-19(2)16-23(31-28(36)21-10-12-22(13-11-21)30(3,4)5)29(37)32-15-14-24-27(32)25(34)18-33(24)26(35)17-20-8-6-7-9-20/h10-13,19-20,23-24,27H,6-9,14-18H2,1-5H3,(H,31,36). The fraction of sp³-hybridized carbons (Fsp3) is 0.667. The molecule has 2 heterocycles. The second-order valence-electron chi connectivity index (χ2n) is 12.7. The lowest BCUT2D eigenvalue weighted by Gasteiger charge is -2.29. The Kier molecular flexibility index (Phi) is 8.10. The third kappa shape index (κ3) is 6.07. The van der Waals surface area contributed by atoms with Crippen molar-refractivity contribution in [2.45, 2.75) is 103 Å². The van der Waals surface area contributed by atoms with Crippen LogP contribution in [0.1, 0.15) is 95.5 Å². The molecule has 3 unspecified atom stereocenters. The zero-order chi connectivity index (χ0) is 26.9. The lowest BCUT2D eigenvalue weighted by molar-refractivity contribution is -0.138. The molecule has 1 aromatic carbocycles. The van der Waals surface area contributed by atoms with Gasteiger partial charge in [0.2, 0.25) is 11.8 Å². The molecule has 7 heteroatoms. The monoisotopic (exact) mass is 509 g/mol. The maximum Gasteiger partial charge on any atom is 0.251 e. The van der Waals surface area contributed by atoms with E-state index in [0.29, 0.717) is 37.3 Å². The highest BCUT2D eigenvalue weighted by Crippen LogP contribution is 2.34. The van der Waals surface area contributed by atoms with Crippen molar-refractivity contribution in [2.75, 3.05) is 13.1 Å². The maximum atomic E-state index is 13.7. The van der Waals surface area contributed by atoms with Gasteiger partial charge >= 0.3 is 0 Å². The first-order chi connectivity index (χ1) is 17.5. The van der Waals surface area contributed by atoms with E-state index in [-0.39, 0.29) is 47.4 Å². The second-order valence-corrected chi connectivity index (χ2v) is 12.7. The summed E-state index contributed by atoms with van der Waals surface area (Å²) in [5.41, 5.74) is 1.63. The number of ketones is 1. The van der Waals surface area contributed by atoms with Crippen LogP contribution >= 0.6 is 0 Å². The van der Waals surface area contributed by atoms with Gasteiger partial charge in [0.1, 0.15) is 12.1 Å². The van der Waals surface area contributed by atoms with E-state index < -0.39 is 12.1 Å². The molecule has 1 saturated carbocycles. The third-order valence-corrected chi connectivity index (χ3v) is 8.29. The predicted molar refractivity (Wildman–Crippen MR) is 143 cm³/mol. The predicted octanol–water partition coefficient (Wildman–Crippen LogP) is 4.09. The molecule has 202 valence electrons. The van der Waals surface area contributed by atoms with Crippen molar-refractivity contribution < 1.29 is 19.2 Å². The molecule has 0 radical (unpaired) electrons. The molecule has 3 aliphatic rings. The van der Waals surface area contributed by atoms with Crippen molar-refractivity contribution in [3.05, 3.63) is 35.4 Å². The second kappa shape index (κ2) is 11.0. The van der Waals surface area contributed by atoms with Gasteiger partial charge < -0.3 is 15.1 Å². The van der Waals surface area contributed by atoms with E-state index in [9.17, 15) is 19.2 Å². The molecule has 2 aliphatic heterocycles. The smallest absolute Gasteiger partial charge is 0.251 e. The SMILES string of the molecule is CC(C)CC(NC(=O)c1ccc(C(C)(C)C)cc1)C(=O)N1CCC2C1C(=O)CN2C(=O)CC1CCCC1. The number of hydrogen-bond acceptors (Lipinski definition) is 4. The minimum absolute atomic E-state index is 0.0162. The van der Waals surface area contributed by atoms with E-state index in [1.807, 2.05) is 26.0 Å². The highest BCUT2D eigenvalue weighted by molar-refractivity contribution is 6.00. The topological polar surface area (TPSA) is 86.8 Å². The molecule has 3 fully saturated rings. The van der Waals surface area contributed by atoms with Crippen LogP contribution in [0.2, 0.25) is 0 Å². The quantitative estimate of drug-likeness (QED) is 0.600. The first-order valence-electron chi connectivity index (χ1n) is 14.0. The number of Topliss-reactive ketones (excluding diaryl/α,β-unsaturated/α-hetero) is 1. The first-order valence-corrected chi connectivity index (χ1v) is 14.0. The molecule has 0 aromatic heterocycles. The van der Waals surface area contributed by atoms with Crippen LogP contribution in [0, 0.1) is 11.8 Å². The van der Waals surface area contributed by atoms with Gasteiger partial charge in [-0.05, 0) is 60.6 Å².